The molecule has 2 bridgehead atoms. The van der Waals surface area contributed by atoms with Gasteiger partial charge in [0.25, 0.3) is 0 Å². The molecule has 0 radical (unpaired) electrons. The molecule has 0 N–H and O–H groups in total. The van der Waals surface area contributed by atoms with Gasteiger partial charge in [0.05, 0.1) is 12.5 Å². The second-order valence-corrected chi connectivity index (χ2v) is 7.56. The van der Waals surface area contributed by atoms with Gasteiger partial charge in [0.1, 0.15) is 18.0 Å². The molecule has 4 rings (SSSR count). The van der Waals surface area contributed by atoms with Crippen LogP contribution in [0.15, 0.2) is 35.6 Å². The van der Waals surface area contributed by atoms with Gasteiger partial charge >= 0.3 is 11.9 Å². The van der Waals surface area contributed by atoms with E-state index < -0.39 is 41.3 Å². The average Bonchev–Trinajstić information content (AvgIpc) is 3.21. The summed E-state index contributed by atoms with van der Waals surface area (Å²) in [5, 5.41) is 0. The van der Waals surface area contributed by atoms with Crippen molar-refractivity contribution in [2.24, 2.45) is 5.92 Å². The van der Waals surface area contributed by atoms with Gasteiger partial charge in [0, 0.05) is 18.1 Å². The van der Waals surface area contributed by atoms with Crippen LogP contribution in [-0.4, -0.2) is 47.7 Å². The topological polar surface area (TPSA) is 91.4 Å². The smallest absolute Gasteiger partial charge is 0.342 e. The van der Waals surface area contributed by atoms with Gasteiger partial charge in [-0.1, -0.05) is 6.58 Å². The van der Waals surface area contributed by atoms with Crippen molar-refractivity contribution in [2.45, 2.75) is 50.6 Å². The molecule has 0 aliphatic carbocycles. The first kappa shape index (κ1) is 17.0. The fraction of sp³-hybridized carbons (Fsp3) is 0.526. The van der Waals surface area contributed by atoms with Crippen LogP contribution >= 0.6 is 0 Å². The molecule has 138 valence electrons. The van der Waals surface area contributed by atoms with E-state index in [2.05, 4.69) is 6.58 Å². The van der Waals surface area contributed by atoms with Gasteiger partial charge in [-0.15, -0.1) is 0 Å². The van der Waals surface area contributed by atoms with E-state index in [9.17, 15) is 14.4 Å². The molecule has 7 heteroatoms. The van der Waals surface area contributed by atoms with Gasteiger partial charge in [0.15, 0.2) is 11.2 Å². The van der Waals surface area contributed by atoms with Crippen LogP contribution < -0.4 is 0 Å². The lowest BCUT2D eigenvalue weighted by Gasteiger charge is -2.32. The van der Waals surface area contributed by atoms with Gasteiger partial charge in [-0.3, -0.25) is 4.79 Å². The van der Waals surface area contributed by atoms with Crippen LogP contribution in [0.3, 0.4) is 0 Å². The molecule has 2 fully saturated rings. The van der Waals surface area contributed by atoms with Crippen molar-refractivity contribution in [1.29, 1.82) is 0 Å². The molecule has 1 spiro atoms. The van der Waals surface area contributed by atoms with Crippen molar-refractivity contribution in [3.05, 3.63) is 35.6 Å². The Labute approximate surface area is 150 Å². The Morgan fingerprint density at radius 2 is 2.08 bits per heavy atom. The predicted molar refractivity (Wildman–Crippen MR) is 87.7 cm³/mol. The van der Waals surface area contributed by atoms with E-state index in [0.29, 0.717) is 11.3 Å². The number of carbonyl (C=O) groups is 3. The van der Waals surface area contributed by atoms with E-state index in [1.54, 1.807) is 19.9 Å². The minimum atomic E-state index is -1.18. The van der Waals surface area contributed by atoms with E-state index in [1.807, 2.05) is 0 Å². The Kier molecular flexibility index (Phi) is 3.47. The van der Waals surface area contributed by atoms with Crippen molar-refractivity contribution in [1.82, 2.24) is 0 Å². The fourth-order valence-corrected chi connectivity index (χ4v) is 3.86. The largest absolute Gasteiger partial charge is 0.479 e. The van der Waals surface area contributed by atoms with E-state index in [0.717, 1.165) is 0 Å². The predicted octanol–water partition coefficient (Wildman–Crippen LogP) is 1.38. The second-order valence-electron chi connectivity index (χ2n) is 7.56. The van der Waals surface area contributed by atoms with E-state index in [4.69, 9.17) is 18.9 Å². The van der Waals surface area contributed by atoms with E-state index in [1.165, 1.54) is 13.0 Å². The summed E-state index contributed by atoms with van der Waals surface area (Å²) in [5.41, 5.74) is -1.39. The summed E-state index contributed by atoms with van der Waals surface area (Å²) in [4.78, 5) is 37.1. The molecule has 0 aromatic heterocycles. The molecule has 2 saturated heterocycles. The lowest BCUT2D eigenvalue weighted by molar-refractivity contribution is -0.155. The molecule has 4 heterocycles. The summed E-state index contributed by atoms with van der Waals surface area (Å²) < 4.78 is 22.5. The Bertz CT molecular complexity index is 801. The Balaban J connectivity index is 1.80. The average molecular weight is 360 g/mol. The number of fused-ring (bicyclic) bond motifs is 4. The van der Waals surface area contributed by atoms with Gasteiger partial charge in [0.2, 0.25) is 5.78 Å². The van der Waals surface area contributed by atoms with Crippen LogP contribution in [0.25, 0.3) is 0 Å². The maximum absolute atomic E-state index is 12.5. The fourth-order valence-electron chi connectivity index (χ4n) is 3.86. The summed E-state index contributed by atoms with van der Waals surface area (Å²) in [6.07, 6.45) is 1.83. The molecule has 0 aromatic rings. The Morgan fingerprint density at radius 1 is 1.38 bits per heavy atom. The highest BCUT2D eigenvalue weighted by Crippen LogP contribution is 2.51. The third-order valence-electron chi connectivity index (χ3n) is 5.46. The third kappa shape index (κ3) is 2.34. The number of hydrogen-bond donors (Lipinski definition) is 0. The van der Waals surface area contributed by atoms with Crippen molar-refractivity contribution < 1.29 is 33.3 Å². The van der Waals surface area contributed by atoms with Crippen LogP contribution in [0.2, 0.25) is 0 Å². The SMILES string of the molecule is C=C(C)C(=O)O[C@@H]1C[C@@]2(C)OC(=CC2=O)/C(C)=C\[C@H]2OC(=O)[C@@]3(CO3)[C@@H]21. The van der Waals surface area contributed by atoms with Crippen LogP contribution in [0.1, 0.15) is 27.2 Å². The summed E-state index contributed by atoms with van der Waals surface area (Å²) in [5.74, 6) is -1.37. The number of epoxide rings is 1. The third-order valence-corrected chi connectivity index (χ3v) is 5.46. The van der Waals surface area contributed by atoms with Gasteiger partial charge < -0.3 is 18.9 Å². The van der Waals surface area contributed by atoms with E-state index in [-0.39, 0.29) is 24.4 Å². The van der Waals surface area contributed by atoms with Gasteiger partial charge in [-0.2, -0.15) is 0 Å². The molecular weight excluding hydrogens is 340 g/mol. The standard InChI is InChI=1S/C19H20O7/c1-9(2)16(21)24-13-7-18(4)14(20)6-11(26-18)10(3)5-12-15(13)19(8-23-19)17(22)25-12/h5-6,12-13,15H,1,7-8H2,2-4H3/b10-5-/t12-,13-,15+,18-,19-/m1/s1. The van der Waals surface area contributed by atoms with Gasteiger partial charge in [-0.25, -0.2) is 9.59 Å². The van der Waals surface area contributed by atoms with Crippen LogP contribution in [0.5, 0.6) is 0 Å². The molecule has 7 nitrogen and oxygen atoms in total. The minimum absolute atomic E-state index is 0.0922. The number of ketones is 1. The first-order chi connectivity index (χ1) is 12.2. The second kappa shape index (κ2) is 5.30. The zero-order valence-electron chi connectivity index (χ0n) is 14.9. The monoisotopic (exact) mass is 360 g/mol. The quantitative estimate of drug-likeness (QED) is 0.417. The van der Waals surface area contributed by atoms with Crippen molar-refractivity contribution >= 4 is 17.7 Å². The van der Waals surface area contributed by atoms with E-state index >= 15 is 0 Å². The summed E-state index contributed by atoms with van der Waals surface area (Å²) in [6.45, 7) is 8.79. The molecule has 4 aliphatic heterocycles. The Hall–Kier alpha value is -2.41. The number of esters is 2. The van der Waals surface area contributed by atoms with Gasteiger partial charge in [-0.05, 0) is 32.4 Å². The molecule has 0 amide bonds. The number of ether oxygens (including phenoxy) is 4. The van der Waals surface area contributed by atoms with Crippen LogP contribution in [-0.2, 0) is 33.3 Å². The molecule has 5 atom stereocenters. The molecule has 4 aliphatic rings. The highest BCUT2D eigenvalue weighted by atomic mass is 16.7. The molecule has 0 unspecified atom stereocenters. The minimum Gasteiger partial charge on any atom is -0.479 e. The summed E-state index contributed by atoms with van der Waals surface area (Å²) in [6, 6.07) is 0. The summed E-state index contributed by atoms with van der Waals surface area (Å²) in [7, 11) is 0. The number of carbonyl (C=O) groups excluding carboxylic acids is 3. The maximum Gasteiger partial charge on any atom is 0.342 e. The number of rotatable bonds is 2. The number of hydrogen-bond acceptors (Lipinski definition) is 7. The summed E-state index contributed by atoms with van der Waals surface area (Å²) >= 11 is 0. The molecule has 26 heavy (non-hydrogen) atoms. The highest BCUT2D eigenvalue weighted by Gasteiger charge is 2.70. The van der Waals surface area contributed by atoms with Crippen molar-refractivity contribution in [3.8, 4) is 0 Å². The molecule has 0 aromatic carbocycles. The van der Waals surface area contributed by atoms with Crippen LogP contribution in [0, 0.1) is 5.92 Å². The number of allylic oxidation sites excluding steroid dienone is 1. The normalized spacial score (nSPS) is 42.3. The first-order valence-electron chi connectivity index (χ1n) is 8.52. The lowest BCUT2D eigenvalue weighted by Crippen LogP contribution is -2.46. The van der Waals surface area contributed by atoms with Crippen molar-refractivity contribution in [2.75, 3.05) is 6.61 Å². The molecule has 0 saturated carbocycles. The highest BCUT2D eigenvalue weighted by molar-refractivity contribution is 6.00. The Morgan fingerprint density at radius 3 is 2.69 bits per heavy atom. The van der Waals surface area contributed by atoms with Crippen LogP contribution in [0.4, 0.5) is 0 Å². The first-order valence-corrected chi connectivity index (χ1v) is 8.52. The molecular formula is C19H20O7. The maximum atomic E-state index is 12.5. The van der Waals surface area contributed by atoms with Crippen molar-refractivity contribution in [3.63, 3.8) is 0 Å². The zero-order valence-corrected chi connectivity index (χ0v) is 14.9. The zero-order chi connectivity index (χ0) is 18.9. The lowest BCUT2D eigenvalue weighted by atomic mass is 9.79.